The van der Waals surface area contributed by atoms with Gasteiger partial charge in [0.1, 0.15) is 23.8 Å². The van der Waals surface area contributed by atoms with Crippen LogP contribution in [0.5, 0.6) is 0 Å². The molecule has 3 fully saturated rings. The van der Waals surface area contributed by atoms with Crippen LogP contribution in [0.4, 0.5) is 18.4 Å². The number of amides is 3. The molecule has 11 nitrogen and oxygen atoms in total. The zero-order valence-corrected chi connectivity index (χ0v) is 27.2. The van der Waals surface area contributed by atoms with Gasteiger partial charge in [0.05, 0.1) is 20.3 Å². The molecule has 3 amide bonds. The Kier molecular flexibility index (Phi) is 11.0. The lowest BCUT2D eigenvalue weighted by molar-refractivity contribution is -0.169. The fourth-order valence-corrected chi connectivity index (χ4v) is 6.77. The minimum atomic E-state index is -0.929. The standard InChI is InChI=1S/C34H44F2N4O7/c1-34(2,3)29(38-32(42)44-4)30(41)39-40(17-20-8-6-5-7-9-20)11-10-25(14-21-12-23(35)16-24(36)13-21)37-33(43)47-28-22-15-26-27(28)19-46-31(26)45-18-22/h5-9,12-13,16,22,25-29,31H,10-11,14-15,17-19H2,1-4H3,(H,37,43)(H,38,42)(H,39,41)/t22?,25-,26?,27?,28?,29-,31?/m1/s1. The predicted molar refractivity (Wildman–Crippen MR) is 166 cm³/mol. The zero-order chi connectivity index (χ0) is 33.7. The van der Waals surface area contributed by atoms with Crippen molar-refractivity contribution in [2.75, 3.05) is 26.9 Å². The molecule has 2 aromatic carbocycles. The van der Waals surface area contributed by atoms with Crippen molar-refractivity contribution >= 4 is 18.1 Å². The average Bonchev–Trinajstić information content (AvgIpc) is 3.54. The fraction of sp³-hybridized carbons (Fsp3) is 0.559. The highest BCUT2D eigenvalue weighted by Gasteiger charge is 2.56. The van der Waals surface area contributed by atoms with Crippen molar-refractivity contribution in [3.8, 4) is 0 Å². The molecule has 2 aromatic rings. The van der Waals surface area contributed by atoms with E-state index in [0.29, 0.717) is 25.3 Å². The van der Waals surface area contributed by atoms with Gasteiger partial charge < -0.3 is 29.6 Å². The van der Waals surface area contributed by atoms with Gasteiger partial charge in [-0.2, -0.15) is 0 Å². The zero-order valence-electron chi connectivity index (χ0n) is 27.2. The van der Waals surface area contributed by atoms with E-state index in [2.05, 4.69) is 16.1 Å². The molecule has 2 bridgehead atoms. The maximum Gasteiger partial charge on any atom is 0.407 e. The lowest BCUT2D eigenvalue weighted by atomic mass is 9.86. The normalized spacial score (nSPS) is 24.4. The highest BCUT2D eigenvalue weighted by Crippen LogP contribution is 2.49. The van der Waals surface area contributed by atoms with Crippen molar-refractivity contribution in [1.82, 2.24) is 21.1 Å². The first-order valence-corrected chi connectivity index (χ1v) is 16.0. The molecule has 13 heteroatoms. The predicted octanol–water partition coefficient (Wildman–Crippen LogP) is 4.30. The molecule has 47 heavy (non-hydrogen) atoms. The quantitative estimate of drug-likeness (QED) is 0.288. The molecule has 7 atom stereocenters. The SMILES string of the molecule is COC(=O)N[C@H](C(=O)NN(CC[C@H](Cc1cc(F)cc(F)c1)NC(=O)OC1C2COC3OCC1C3C2)Cc1ccccc1)C(C)(C)C. The fourth-order valence-electron chi connectivity index (χ4n) is 6.77. The van der Waals surface area contributed by atoms with E-state index >= 15 is 0 Å². The van der Waals surface area contributed by atoms with Crippen LogP contribution in [-0.2, 0) is 36.7 Å². The summed E-state index contributed by atoms with van der Waals surface area (Å²) < 4.78 is 50.5. The molecule has 5 rings (SSSR count). The number of nitrogens with zero attached hydrogens (tertiary/aromatic N) is 1. The molecule has 2 saturated heterocycles. The smallest absolute Gasteiger partial charge is 0.407 e. The van der Waals surface area contributed by atoms with E-state index in [4.69, 9.17) is 18.9 Å². The third kappa shape index (κ3) is 8.96. The maximum atomic E-state index is 14.1. The summed E-state index contributed by atoms with van der Waals surface area (Å²) in [4.78, 5) is 39.0. The number of hydrazine groups is 1. The molecule has 0 radical (unpaired) electrons. The van der Waals surface area contributed by atoms with Crippen LogP contribution < -0.4 is 16.1 Å². The third-order valence-corrected chi connectivity index (χ3v) is 9.07. The molecule has 2 heterocycles. The van der Waals surface area contributed by atoms with E-state index in [1.54, 1.807) is 5.01 Å². The Morgan fingerprint density at radius 1 is 0.957 bits per heavy atom. The number of rotatable bonds is 12. The minimum Gasteiger partial charge on any atom is -0.453 e. The highest BCUT2D eigenvalue weighted by molar-refractivity contribution is 5.86. The van der Waals surface area contributed by atoms with Crippen molar-refractivity contribution in [2.24, 2.45) is 23.2 Å². The number of nitrogens with one attached hydrogen (secondary N) is 3. The van der Waals surface area contributed by atoms with Gasteiger partial charge >= 0.3 is 12.2 Å². The Labute approximate surface area is 273 Å². The van der Waals surface area contributed by atoms with Crippen LogP contribution in [0.25, 0.3) is 0 Å². The molecular weight excluding hydrogens is 614 g/mol. The van der Waals surface area contributed by atoms with E-state index < -0.39 is 47.2 Å². The first kappa shape index (κ1) is 34.5. The summed E-state index contributed by atoms with van der Waals surface area (Å²) in [5.74, 6) is -1.57. The van der Waals surface area contributed by atoms with Crippen LogP contribution in [0, 0.1) is 34.8 Å². The molecule has 0 spiro atoms. The lowest BCUT2D eigenvalue weighted by Crippen LogP contribution is -2.57. The number of benzene rings is 2. The molecule has 1 aliphatic carbocycles. The number of carbonyl (C=O) groups excluding carboxylic acids is 3. The second kappa shape index (κ2) is 15.0. The van der Waals surface area contributed by atoms with Crippen LogP contribution in [0.15, 0.2) is 48.5 Å². The second-order valence-corrected chi connectivity index (χ2v) is 13.7. The molecule has 3 N–H and O–H groups in total. The number of alkyl carbamates (subject to hydrolysis) is 2. The summed E-state index contributed by atoms with van der Waals surface area (Å²) in [5, 5.41) is 7.22. The second-order valence-electron chi connectivity index (χ2n) is 13.7. The molecule has 5 unspecified atom stereocenters. The number of fused-ring (bicyclic) bond motifs is 1. The van der Waals surface area contributed by atoms with Gasteiger partial charge in [0, 0.05) is 43.0 Å². The van der Waals surface area contributed by atoms with Crippen LogP contribution in [0.1, 0.15) is 44.7 Å². The average molecular weight is 659 g/mol. The van der Waals surface area contributed by atoms with E-state index in [0.717, 1.165) is 18.1 Å². The van der Waals surface area contributed by atoms with Crippen LogP contribution in [0.2, 0.25) is 0 Å². The topological polar surface area (TPSA) is 127 Å². The maximum absolute atomic E-state index is 14.1. The van der Waals surface area contributed by atoms with Crippen molar-refractivity contribution in [1.29, 1.82) is 0 Å². The number of hydrogen-bond acceptors (Lipinski definition) is 8. The summed E-state index contributed by atoms with van der Waals surface area (Å²) in [6.07, 6.45) is -0.730. The van der Waals surface area contributed by atoms with Crippen LogP contribution >= 0.6 is 0 Å². The molecule has 1 saturated carbocycles. The van der Waals surface area contributed by atoms with Gasteiger partial charge in [-0.15, -0.1) is 0 Å². The van der Waals surface area contributed by atoms with Gasteiger partial charge in [-0.1, -0.05) is 51.1 Å². The first-order valence-electron chi connectivity index (χ1n) is 16.0. The van der Waals surface area contributed by atoms with Crippen LogP contribution in [0.3, 0.4) is 0 Å². The van der Waals surface area contributed by atoms with Crippen molar-refractivity contribution in [3.05, 3.63) is 71.3 Å². The number of methoxy groups -OCH3 is 1. The molecule has 0 aromatic heterocycles. The lowest BCUT2D eigenvalue weighted by Gasteiger charge is -2.33. The summed E-state index contributed by atoms with van der Waals surface area (Å²) in [5.41, 5.74) is 3.54. The third-order valence-electron chi connectivity index (χ3n) is 9.07. The van der Waals surface area contributed by atoms with Crippen molar-refractivity contribution in [3.63, 3.8) is 0 Å². The number of halogens is 2. The van der Waals surface area contributed by atoms with E-state index in [-0.39, 0.29) is 49.5 Å². The molecule has 2 aliphatic heterocycles. The van der Waals surface area contributed by atoms with Crippen molar-refractivity contribution in [2.45, 2.75) is 71.1 Å². The Morgan fingerprint density at radius 2 is 1.66 bits per heavy atom. The summed E-state index contributed by atoms with van der Waals surface area (Å²) in [6, 6.07) is 11.2. The number of hydrogen-bond donors (Lipinski definition) is 3. The van der Waals surface area contributed by atoms with Gasteiger partial charge in [-0.25, -0.2) is 23.4 Å². The Morgan fingerprint density at radius 3 is 2.34 bits per heavy atom. The Bertz CT molecular complexity index is 1390. The Hall–Kier alpha value is -3.81. The largest absolute Gasteiger partial charge is 0.453 e. The van der Waals surface area contributed by atoms with E-state index in [9.17, 15) is 23.2 Å². The number of carbonyl (C=O) groups is 3. The molecule has 256 valence electrons. The summed E-state index contributed by atoms with van der Waals surface area (Å²) >= 11 is 0. The van der Waals surface area contributed by atoms with E-state index in [1.165, 1.54) is 19.2 Å². The van der Waals surface area contributed by atoms with Gasteiger partial charge in [0.15, 0.2) is 6.29 Å². The van der Waals surface area contributed by atoms with Gasteiger partial charge in [-0.3, -0.25) is 10.2 Å². The van der Waals surface area contributed by atoms with Gasteiger partial charge in [0.25, 0.3) is 5.91 Å². The first-order chi connectivity index (χ1) is 22.4. The Balaban J connectivity index is 1.31. The monoisotopic (exact) mass is 658 g/mol. The van der Waals surface area contributed by atoms with Crippen LogP contribution in [-0.4, -0.2) is 74.4 Å². The van der Waals surface area contributed by atoms with Crippen molar-refractivity contribution < 1.29 is 42.1 Å². The molecule has 3 aliphatic rings. The number of ether oxygens (including phenoxy) is 4. The van der Waals surface area contributed by atoms with E-state index in [1.807, 2.05) is 51.1 Å². The summed E-state index contributed by atoms with van der Waals surface area (Å²) in [6.45, 7) is 6.92. The highest BCUT2D eigenvalue weighted by atomic mass is 19.1. The summed E-state index contributed by atoms with van der Waals surface area (Å²) in [7, 11) is 1.22. The van der Waals surface area contributed by atoms with Gasteiger partial charge in [0.2, 0.25) is 0 Å². The molecular formula is C34H44F2N4O7. The minimum absolute atomic E-state index is 0.0555. The van der Waals surface area contributed by atoms with Gasteiger partial charge in [-0.05, 0) is 47.9 Å².